The van der Waals surface area contributed by atoms with Crippen LogP contribution in [0.2, 0.25) is 0 Å². The van der Waals surface area contributed by atoms with E-state index in [-0.39, 0.29) is 0 Å². The monoisotopic (exact) mass is 167 g/mol. The van der Waals surface area contributed by atoms with Crippen molar-refractivity contribution in [3.8, 4) is 5.75 Å². The topological polar surface area (TPSA) is 55.5 Å². The maximum atomic E-state index is 8.95. The van der Waals surface area contributed by atoms with Gasteiger partial charge in [-0.3, -0.25) is 0 Å². The van der Waals surface area contributed by atoms with E-state index in [0.29, 0.717) is 6.42 Å². The standard InChI is InChI=1S/C9H13NO2/c1-12-8-5-3-2-4-7(8)6-9(10)11/h2-5,9,11H,6,10H2,1H3. The Morgan fingerprint density at radius 1 is 1.50 bits per heavy atom. The second-order valence-corrected chi connectivity index (χ2v) is 2.58. The zero-order valence-corrected chi connectivity index (χ0v) is 7.03. The van der Waals surface area contributed by atoms with Crippen molar-refractivity contribution in [3.63, 3.8) is 0 Å². The average Bonchev–Trinajstić information content (AvgIpc) is 2.04. The van der Waals surface area contributed by atoms with Gasteiger partial charge in [-0.25, -0.2) is 0 Å². The molecule has 0 spiro atoms. The molecular formula is C9H13NO2. The number of ether oxygens (including phenoxy) is 1. The highest BCUT2D eigenvalue weighted by molar-refractivity contribution is 5.33. The molecule has 1 aromatic rings. The Kier molecular flexibility index (Phi) is 3.08. The molecule has 1 rings (SSSR count). The van der Waals surface area contributed by atoms with Crippen molar-refractivity contribution < 1.29 is 9.84 Å². The van der Waals surface area contributed by atoms with E-state index in [4.69, 9.17) is 15.6 Å². The summed E-state index contributed by atoms with van der Waals surface area (Å²) < 4.78 is 5.08. The molecule has 0 aliphatic heterocycles. The van der Waals surface area contributed by atoms with Gasteiger partial charge < -0.3 is 15.6 Å². The van der Waals surface area contributed by atoms with Crippen molar-refractivity contribution in [2.45, 2.75) is 12.6 Å². The first-order chi connectivity index (χ1) is 5.74. The maximum absolute atomic E-state index is 8.95. The molecule has 0 aliphatic rings. The molecule has 0 radical (unpaired) electrons. The van der Waals surface area contributed by atoms with Gasteiger partial charge in [-0.15, -0.1) is 0 Å². The molecule has 0 fully saturated rings. The molecule has 1 unspecified atom stereocenters. The Bertz CT molecular complexity index is 248. The number of rotatable bonds is 3. The molecule has 0 saturated heterocycles. The van der Waals surface area contributed by atoms with Crippen molar-refractivity contribution in [1.29, 1.82) is 0 Å². The van der Waals surface area contributed by atoms with E-state index in [2.05, 4.69) is 0 Å². The van der Waals surface area contributed by atoms with E-state index in [1.165, 1.54) is 0 Å². The highest BCUT2D eigenvalue weighted by Crippen LogP contribution is 2.17. The molecule has 3 heteroatoms. The van der Waals surface area contributed by atoms with Crippen LogP contribution in [0, 0.1) is 0 Å². The number of benzene rings is 1. The predicted molar refractivity (Wildman–Crippen MR) is 46.9 cm³/mol. The highest BCUT2D eigenvalue weighted by atomic mass is 16.5. The Balaban J connectivity index is 2.82. The smallest absolute Gasteiger partial charge is 0.122 e. The zero-order chi connectivity index (χ0) is 8.97. The number of para-hydroxylation sites is 1. The number of aliphatic hydroxyl groups excluding tert-OH is 1. The van der Waals surface area contributed by atoms with Crippen LogP contribution in [0.1, 0.15) is 5.56 Å². The molecule has 0 bridgehead atoms. The molecular weight excluding hydrogens is 154 g/mol. The SMILES string of the molecule is COc1ccccc1CC(N)O. The Labute approximate surface area is 71.8 Å². The molecule has 0 aromatic heterocycles. The molecule has 1 aromatic carbocycles. The maximum Gasteiger partial charge on any atom is 0.122 e. The van der Waals surface area contributed by atoms with Gasteiger partial charge >= 0.3 is 0 Å². The van der Waals surface area contributed by atoms with Crippen LogP contribution in [0.3, 0.4) is 0 Å². The lowest BCUT2D eigenvalue weighted by atomic mass is 10.1. The fourth-order valence-electron chi connectivity index (χ4n) is 1.10. The molecule has 12 heavy (non-hydrogen) atoms. The minimum atomic E-state index is -0.818. The molecule has 3 nitrogen and oxygen atoms in total. The molecule has 66 valence electrons. The molecule has 0 amide bonds. The minimum Gasteiger partial charge on any atom is -0.496 e. The number of hydrogen-bond donors (Lipinski definition) is 2. The van der Waals surface area contributed by atoms with Crippen LogP contribution in [-0.4, -0.2) is 18.4 Å². The third kappa shape index (κ3) is 2.22. The summed E-state index contributed by atoms with van der Waals surface area (Å²) >= 11 is 0. The van der Waals surface area contributed by atoms with Gasteiger partial charge in [-0.2, -0.15) is 0 Å². The van der Waals surface area contributed by atoms with Gasteiger partial charge in [0, 0.05) is 6.42 Å². The molecule has 3 N–H and O–H groups in total. The van der Waals surface area contributed by atoms with Gasteiger partial charge in [0.15, 0.2) is 0 Å². The van der Waals surface area contributed by atoms with E-state index in [9.17, 15) is 0 Å². The quantitative estimate of drug-likeness (QED) is 0.645. The first-order valence-corrected chi connectivity index (χ1v) is 3.79. The summed E-state index contributed by atoms with van der Waals surface area (Å²) in [5.41, 5.74) is 6.17. The Morgan fingerprint density at radius 3 is 2.75 bits per heavy atom. The van der Waals surface area contributed by atoms with E-state index in [0.717, 1.165) is 11.3 Å². The number of hydrogen-bond acceptors (Lipinski definition) is 3. The van der Waals surface area contributed by atoms with Crippen LogP contribution >= 0.6 is 0 Å². The number of aliphatic hydroxyl groups is 1. The molecule has 0 saturated carbocycles. The lowest BCUT2D eigenvalue weighted by Gasteiger charge is -2.08. The second kappa shape index (κ2) is 4.09. The van der Waals surface area contributed by atoms with E-state index < -0.39 is 6.23 Å². The third-order valence-electron chi connectivity index (χ3n) is 1.62. The Morgan fingerprint density at radius 2 is 2.17 bits per heavy atom. The third-order valence-corrected chi connectivity index (χ3v) is 1.62. The van der Waals surface area contributed by atoms with Crippen molar-refractivity contribution in [2.24, 2.45) is 5.73 Å². The fraction of sp³-hybridized carbons (Fsp3) is 0.333. The van der Waals surface area contributed by atoms with Gasteiger partial charge in [0.05, 0.1) is 7.11 Å². The van der Waals surface area contributed by atoms with E-state index in [1.54, 1.807) is 7.11 Å². The van der Waals surface area contributed by atoms with Gasteiger partial charge in [-0.05, 0) is 11.6 Å². The van der Waals surface area contributed by atoms with E-state index in [1.807, 2.05) is 24.3 Å². The summed E-state index contributed by atoms with van der Waals surface area (Å²) in [5.74, 6) is 0.766. The minimum absolute atomic E-state index is 0.421. The van der Waals surface area contributed by atoms with Gasteiger partial charge in [-0.1, -0.05) is 18.2 Å². The molecule has 1 atom stereocenters. The van der Waals surface area contributed by atoms with Crippen molar-refractivity contribution in [2.75, 3.05) is 7.11 Å². The van der Waals surface area contributed by atoms with Crippen molar-refractivity contribution in [1.82, 2.24) is 0 Å². The zero-order valence-electron chi connectivity index (χ0n) is 7.03. The van der Waals surface area contributed by atoms with Crippen molar-refractivity contribution in [3.05, 3.63) is 29.8 Å². The lowest BCUT2D eigenvalue weighted by molar-refractivity contribution is 0.181. The van der Waals surface area contributed by atoms with E-state index >= 15 is 0 Å². The highest BCUT2D eigenvalue weighted by Gasteiger charge is 2.04. The summed E-state index contributed by atoms with van der Waals surface area (Å²) in [7, 11) is 1.60. The summed E-state index contributed by atoms with van der Waals surface area (Å²) in [6, 6.07) is 7.50. The summed E-state index contributed by atoms with van der Waals surface area (Å²) in [6.45, 7) is 0. The summed E-state index contributed by atoms with van der Waals surface area (Å²) in [4.78, 5) is 0. The van der Waals surface area contributed by atoms with Crippen LogP contribution in [0.4, 0.5) is 0 Å². The lowest BCUT2D eigenvalue weighted by Crippen LogP contribution is -2.21. The van der Waals surface area contributed by atoms with Crippen LogP contribution in [-0.2, 0) is 6.42 Å². The van der Waals surface area contributed by atoms with Crippen LogP contribution in [0.5, 0.6) is 5.75 Å². The number of nitrogens with two attached hydrogens (primary N) is 1. The first-order valence-electron chi connectivity index (χ1n) is 3.79. The average molecular weight is 167 g/mol. The van der Waals surface area contributed by atoms with Crippen LogP contribution in [0.25, 0.3) is 0 Å². The largest absolute Gasteiger partial charge is 0.496 e. The van der Waals surface area contributed by atoms with Crippen LogP contribution in [0.15, 0.2) is 24.3 Å². The normalized spacial score (nSPS) is 12.6. The van der Waals surface area contributed by atoms with Crippen molar-refractivity contribution >= 4 is 0 Å². The van der Waals surface area contributed by atoms with Crippen LogP contribution < -0.4 is 10.5 Å². The summed E-state index contributed by atoms with van der Waals surface area (Å²) in [6.07, 6.45) is -0.398. The molecule has 0 heterocycles. The first kappa shape index (κ1) is 9.03. The number of methoxy groups -OCH3 is 1. The molecule has 0 aliphatic carbocycles. The summed E-state index contributed by atoms with van der Waals surface area (Å²) in [5, 5.41) is 8.95. The second-order valence-electron chi connectivity index (χ2n) is 2.58. The predicted octanol–water partition coefficient (Wildman–Crippen LogP) is 0.515. The van der Waals surface area contributed by atoms with Gasteiger partial charge in [0.25, 0.3) is 0 Å². The van der Waals surface area contributed by atoms with Gasteiger partial charge in [0.2, 0.25) is 0 Å². The Hall–Kier alpha value is -1.06. The fourth-order valence-corrected chi connectivity index (χ4v) is 1.10. The van der Waals surface area contributed by atoms with Gasteiger partial charge in [0.1, 0.15) is 12.0 Å².